The smallest absolute Gasteiger partial charge is 0.115 e. The van der Waals surface area contributed by atoms with Crippen molar-refractivity contribution >= 4 is 12.4 Å². The lowest BCUT2D eigenvalue weighted by Gasteiger charge is -2.32. The molecule has 0 radical (unpaired) electrons. The van der Waals surface area contributed by atoms with E-state index >= 15 is 0 Å². The van der Waals surface area contributed by atoms with Gasteiger partial charge in [-0.3, -0.25) is 0 Å². The molecule has 106 valence electrons. The third kappa shape index (κ3) is 2.37. The minimum atomic E-state index is -0.587. The Morgan fingerprint density at radius 2 is 1.80 bits per heavy atom. The fourth-order valence-electron chi connectivity index (χ4n) is 2.93. The van der Waals surface area contributed by atoms with E-state index in [0.717, 1.165) is 24.2 Å². The van der Waals surface area contributed by atoms with Crippen molar-refractivity contribution < 1.29 is 0 Å². The van der Waals surface area contributed by atoms with E-state index in [4.69, 9.17) is 11.5 Å². The second kappa shape index (κ2) is 5.78. The van der Waals surface area contributed by atoms with Gasteiger partial charge in [-0.1, -0.05) is 0 Å². The predicted molar refractivity (Wildman–Crippen MR) is 77.1 cm³/mol. The molecule has 0 aromatic carbocycles. The summed E-state index contributed by atoms with van der Waals surface area (Å²) in [6, 6.07) is 3.71. The zero-order valence-corrected chi connectivity index (χ0v) is 11.7. The van der Waals surface area contributed by atoms with Gasteiger partial charge in [0.1, 0.15) is 12.7 Å². The molecule has 3 unspecified atom stereocenters. The Balaban J connectivity index is 0.00000147. The Kier molecular flexibility index (Phi) is 4.27. The van der Waals surface area contributed by atoms with E-state index in [-0.39, 0.29) is 24.4 Å². The van der Waals surface area contributed by atoms with Crippen LogP contribution in [0.25, 0.3) is 0 Å². The van der Waals surface area contributed by atoms with Crippen molar-refractivity contribution in [2.24, 2.45) is 11.5 Å². The number of hydrogen-bond acceptors (Lipinski definition) is 6. The fourth-order valence-corrected chi connectivity index (χ4v) is 2.93. The second-order valence-corrected chi connectivity index (χ2v) is 4.95. The summed E-state index contributed by atoms with van der Waals surface area (Å²) in [6.07, 6.45) is 8.12. The summed E-state index contributed by atoms with van der Waals surface area (Å²) >= 11 is 0. The van der Waals surface area contributed by atoms with E-state index in [9.17, 15) is 0 Å². The fraction of sp³-hybridized carbons (Fsp3) is 0.385. The van der Waals surface area contributed by atoms with Crippen LogP contribution in [0.2, 0.25) is 0 Å². The number of aromatic nitrogens is 4. The summed E-state index contributed by atoms with van der Waals surface area (Å²) in [5, 5.41) is 0. The van der Waals surface area contributed by atoms with Crippen LogP contribution in [0.4, 0.5) is 0 Å². The van der Waals surface area contributed by atoms with E-state index in [0.29, 0.717) is 0 Å². The van der Waals surface area contributed by atoms with Gasteiger partial charge in [-0.15, -0.1) is 12.4 Å². The molecular formula is C13H17ClN6. The van der Waals surface area contributed by atoms with Crippen molar-refractivity contribution in [2.45, 2.75) is 30.3 Å². The van der Waals surface area contributed by atoms with Gasteiger partial charge in [-0.25, -0.2) is 19.9 Å². The topological polar surface area (TPSA) is 104 Å². The molecule has 0 aliphatic heterocycles. The largest absolute Gasteiger partial charge is 0.327 e. The molecule has 6 nitrogen and oxygen atoms in total. The number of nitrogens with two attached hydrogens (primary N) is 2. The number of rotatable bonds is 2. The van der Waals surface area contributed by atoms with Crippen molar-refractivity contribution in [1.29, 1.82) is 0 Å². The molecule has 7 heteroatoms. The zero-order valence-electron chi connectivity index (χ0n) is 10.9. The lowest BCUT2D eigenvalue weighted by Crippen LogP contribution is -2.44. The van der Waals surface area contributed by atoms with Crippen LogP contribution in [0.5, 0.6) is 0 Å². The summed E-state index contributed by atoms with van der Waals surface area (Å²) in [5.41, 5.74) is 14.0. The third-order valence-corrected chi connectivity index (χ3v) is 3.86. The molecule has 1 fully saturated rings. The maximum Gasteiger partial charge on any atom is 0.115 e. The Labute approximate surface area is 123 Å². The van der Waals surface area contributed by atoms with Gasteiger partial charge in [0.05, 0.1) is 16.9 Å². The van der Waals surface area contributed by atoms with Gasteiger partial charge >= 0.3 is 0 Å². The Morgan fingerprint density at radius 3 is 2.40 bits per heavy atom. The summed E-state index contributed by atoms with van der Waals surface area (Å²) in [5.74, 6) is -0.0506. The summed E-state index contributed by atoms with van der Waals surface area (Å²) in [7, 11) is 0. The number of halogens is 1. The van der Waals surface area contributed by atoms with E-state index < -0.39 is 5.54 Å². The van der Waals surface area contributed by atoms with Gasteiger partial charge in [-0.05, 0) is 25.0 Å². The van der Waals surface area contributed by atoms with Gasteiger partial charge in [0.2, 0.25) is 0 Å². The molecule has 1 saturated carbocycles. The molecule has 20 heavy (non-hydrogen) atoms. The first kappa shape index (κ1) is 14.8. The highest BCUT2D eigenvalue weighted by Gasteiger charge is 2.48. The van der Waals surface area contributed by atoms with Crippen molar-refractivity contribution in [3.05, 3.63) is 48.6 Å². The first-order valence-electron chi connectivity index (χ1n) is 6.28. The molecule has 3 atom stereocenters. The first-order chi connectivity index (χ1) is 9.22. The monoisotopic (exact) mass is 292 g/mol. The van der Waals surface area contributed by atoms with Crippen LogP contribution >= 0.6 is 12.4 Å². The molecule has 1 aliphatic carbocycles. The molecule has 2 aromatic rings. The van der Waals surface area contributed by atoms with E-state index in [1.54, 1.807) is 12.4 Å². The predicted octanol–water partition coefficient (Wildman–Crippen LogP) is 0.747. The van der Waals surface area contributed by atoms with Crippen molar-refractivity contribution in [3.8, 4) is 0 Å². The van der Waals surface area contributed by atoms with Crippen molar-refractivity contribution in [3.63, 3.8) is 0 Å². The quantitative estimate of drug-likeness (QED) is 0.846. The highest BCUT2D eigenvalue weighted by molar-refractivity contribution is 5.85. The lowest BCUT2D eigenvalue weighted by atomic mass is 9.81. The summed E-state index contributed by atoms with van der Waals surface area (Å²) in [4.78, 5) is 16.5. The van der Waals surface area contributed by atoms with Crippen LogP contribution in [0.3, 0.4) is 0 Å². The van der Waals surface area contributed by atoms with Gasteiger partial charge in [-0.2, -0.15) is 0 Å². The molecular weight excluding hydrogens is 276 g/mol. The average Bonchev–Trinajstić information content (AvgIpc) is 2.78. The zero-order chi connectivity index (χ0) is 13.3. The highest BCUT2D eigenvalue weighted by atomic mass is 35.5. The van der Waals surface area contributed by atoms with Crippen molar-refractivity contribution in [1.82, 2.24) is 19.9 Å². The number of nitrogens with zero attached hydrogens (tertiary/aromatic N) is 4. The van der Waals surface area contributed by atoms with Crippen LogP contribution in [0.1, 0.15) is 30.1 Å². The Morgan fingerprint density at radius 1 is 1.10 bits per heavy atom. The van der Waals surface area contributed by atoms with E-state index in [2.05, 4.69) is 19.9 Å². The molecule has 4 N–H and O–H groups in total. The summed E-state index contributed by atoms with van der Waals surface area (Å²) in [6.45, 7) is 0. The maximum atomic E-state index is 6.62. The molecule has 0 bridgehead atoms. The highest BCUT2D eigenvalue weighted by Crippen LogP contribution is 2.45. The average molecular weight is 293 g/mol. The van der Waals surface area contributed by atoms with Gasteiger partial charge < -0.3 is 11.5 Å². The van der Waals surface area contributed by atoms with Gasteiger partial charge in [0.15, 0.2) is 0 Å². The lowest BCUT2D eigenvalue weighted by molar-refractivity contribution is 0.374. The van der Waals surface area contributed by atoms with E-state index in [1.807, 2.05) is 12.1 Å². The van der Waals surface area contributed by atoms with Crippen LogP contribution in [0.15, 0.2) is 37.2 Å². The molecule has 1 aliphatic rings. The van der Waals surface area contributed by atoms with Crippen LogP contribution in [0, 0.1) is 0 Å². The van der Waals surface area contributed by atoms with E-state index in [1.165, 1.54) is 12.7 Å². The van der Waals surface area contributed by atoms with Crippen molar-refractivity contribution in [2.75, 3.05) is 0 Å². The molecule has 0 saturated heterocycles. The van der Waals surface area contributed by atoms with Crippen LogP contribution < -0.4 is 11.5 Å². The minimum Gasteiger partial charge on any atom is -0.327 e. The third-order valence-electron chi connectivity index (χ3n) is 3.86. The maximum absolute atomic E-state index is 6.62. The Bertz CT molecular complexity index is 551. The number of hydrogen-bond donors (Lipinski definition) is 2. The Hall–Kier alpha value is -1.63. The van der Waals surface area contributed by atoms with Gasteiger partial charge in [0, 0.05) is 24.4 Å². The summed E-state index contributed by atoms with van der Waals surface area (Å²) < 4.78 is 0. The first-order valence-corrected chi connectivity index (χ1v) is 6.28. The van der Waals surface area contributed by atoms with Crippen LogP contribution in [-0.4, -0.2) is 26.0 Å². The minimum absolute atomic E-state index is 0. The molecule has 0 amide bonds. The van der Waals surface area contributed by atoms with Gasteiger partial charge in [0.25, 0.3) is 0 Å². The van der Waals surface area contributed by atoms with Crippen LogP contribution in [-0.2, 0) is 5.54 Å². The molecule has 0 spiro atoms. The molecule has 2 aromatic heterocycles. The molecule has 2 heterocycles. The SMILES string of the molecule is Cl.NC1CCC(N)(c2ccncn2)C1c1ccncn1. The molecule has 3 rings (SSSR count). The normalized spacial score (nSPS) is 28.9. The second-order valence-electron chi connectivity index (χ2n) is 4.95. The standard InChI is InChI=1S/C13H16N6.ClH/c14-9-1-4-13(15,11-3-6-17-8-19-11)12(9)10-2-5-16-7-18-10;/h2-3,5-9,12H,1,4,14-15H2;1H.